The molecule has 0 spiro atoms. The molecule has 2 aliphatic rings. The summed E-state index contributed by atoms with van der Waals surface area (Å²) in [6.07, 6.45) is 6.95. The van der Waals surface area contributed by atoms with Gasteiger partial charge in [0.15, 0.2) is 5.78 Å². The summed E-state index contributed by atoms with van der Waals surface area (Å²) < 4.78 is 0. The molecule has 0 N–H and O–H groups in total. The average molecular weight is 206 g/mol. The molecule has 1 saturated carbocycles. The van der Waals surface area contributed by atoms with Crippen molar-refractivity contribution in [1.82, 2.24) is 0 Å². The third kappa shape index (κ3) is 1.56. The van der Waals surface area contributed by atoms with Gasteiger partial charge in [0.05, 0.1) is 0 Å². The van der Waals surface area contributed by atoms with E-state index in [1.807, 2.05) is 6.92 Å². The number of fused-ring (bicyclic) bond motifs is 1. The first-order chi connectivity index (χ1) is 6.87. The molecule has 2 rings (SSSR count). The van der Waals surface area contributed by atoms with Gasteiger partial charge in [-0.05, 0) is 42.6 Å². The summed E-state index contributed by atoms with van der Waals surface area (Å²) in [7, 11) is 0. The molecule has 15 heavy (non-hydrogen) atoms. The summed E-state index contributed by atoms with van der Waals surface area (Å²) in [5.74, 6) is 0.664. The van der Waals surface area contributed by atoms with Crippen molar-refractivity contribution in [1.29, 1.82) is 0 Å². The number of rotatable bonds is 0. The third-order valence-corrected chi connectivity index (χ3v) is 4.57. The summed E-state index contributed by atoms with van der Waals surface area (Å²) in [4.78, 5) is 12.3. The first kappa shape index (κ1) is 10.9. The Morgan fingerprint density at radius 3 is 2.60 bits per heavy atom. The average Bonchev–Trinajstić information content (AvgIpc) is 2.10. The van der Waals surface area contributed by atoms with Crippen molar-refractivity contribution < 1.29 is 4.79 Å². The molecular weight excluding hydrogens is 184 g/mol. The summed E-state index contributed by atoms with van der Waals surface area (Å²) in [6.45, 7) is 8.82. The van der Waals surface area contributed by atoms with Crippen LogP contribution < -0.4 is 0 Å². The van der Waals surface area contributed by atoms with Crippen LogP contribution in [0.2, 0.25) is 0 Å². The first-order valence-electron chi connectivity index (χ1n) is 6.08. The Hall–Kier alpha value is -0.590. The lowest BCUT2D eigenvalue weighted by molar-refractivity contribution is -0.133. The summed E-state index contributed by atoms with van der Waals surface area (Å²) in [6, 6.07) is 0. The molecule has 2 atom stereocenters. The second-order valence-corrected chi connectivity index (χ2v) is 6.38. The van der Waals surface area contributed by atoms with E-state index in [0.29, 0.717) is 5.78 Å². The topological polar surface area (TPSA) is 17.1 Å². The zero-order valence-corrected chi connectivity index (χ0v) is 10.4. The molecule has 1 heteroatoms. The van der Waals surface area contributed by atoms with Gasteiger partial charge in [-0.3, -0.25) is 4.79 Å². The Morgan fingerprint density at radius 2 is 1.93 bits per heavy atom. The fourth-order valence-electron chi connectivity index (χ4n) is 3.79. The molecule has 0 bridgehead atoms. The van der Waals surface area contributed by atoms with Crippen molar-refractivity contribution in [2.45, 2.75) is 53.4 Å². The van der Waals surface area contributed by atoms with E-state index in [-0.39, 0.29) is 16.7 Å². The lowest BCUT2D eigenvalue weighted by Gasteiger charge is -2.51. The minimum Gasteiger partial charge on any atom is -0.294 e. The van der Waals surface area contributed by atoms with Crippen LogP contribution >= 0.6 is 0 Å². The lowest BCUT2D eigenvalue weighted by atomic mass is 9.52. The van der Waals surface area contributed by atoms with Crippen molar-refractivity contribution >= 4 is 5.78 Å². The molecule has 0 aromatic rings. The van der Waals surface area contributed by atoms with Gasteiger partial charge < -0.3 is 0 Å². The van der Waals surface area contributed by atoms with Gasteiger partial charge in [-0.1, -0.05) is 33.3 Å². The van der Waals surface area contributed by atoms with Crippen LogP contribution in [0.3, 0.4) is 0 Å². The van der Waals surface area contributed by atoms with Gasteiger partial charge in [-0.15, -0.1) is 0 Å². The Balaban J connectivity index is 2.44. The second-order valence-electron chi connectivity index (χ2n) is 6.38. The SMILES string of the molecule is CC1=CCC2(C)CCCC(C)(C)C2C1=O. The predicted molar refractivity (Wildman–Crippen MR) is 62.6 cm³/mol. The molecule has 0 heterocycles. The van der Waals surface area contributed by atoms with Crippen LogP contribution in [-0.4, -0.2) is 5.78 Å². The Kier molecular flexibility index (Phi) is 2.33. The van der Waals surface area contributed by atoms with Crippen LogP contribution in [0, 0.1) is 16.7 Å². The van der Waals surface area contributed by atoms with Gasteiger partial charge >= 0.3 is 0 Å². The van der Waals surface area contributed by atoms with Crippen LogP contribution in [0.25, 0.3) is 0 Å². The van der Waals surface area contributed by atoms with Crippen LogP contribution in [0.5, 0.6) is 0 Å². The van der Waals surface area contributed by atoms with Crippen LogP contribution in [0.15, 0.2) is 11.6 Å². The van der Waals surface area contributed by atoms with E-state index in [9.17, 15) is 4.79 Å². The van der Waals surface area contributed by atoms with Gasteiger partial charge in [0.25, 0.3) is 0 Å². The van der Waals surface area contributed by atoms with E-state index in [1.165, 1.54) is 19.3 Å². The summed E-state index contributed by atoms with van der Waals surface area (Å²) in [5, 5.41) is 0. The maximum absolute atomic E-state index is 12.3. The van der Waals surface area contributed by atoms with Crippen LogP contribution in [0.4, 0.5) is 0 Å². The highest BCUT2D eigenvalue weighted by Crippen LogP contribution is 2.55. The fourth-order valence-corrected chi connectivity index (χ4v) is 3.79. The minimum absolute atomic E-state index is 0.194. The first-order valence-corrected chi connectivity index (χ1v) is 6.08. The van der Waals surface area contributed by atoms with Gasteiger partial charge in [0, 0.05) is 5.92 Å². The highest BCUT2D eigenvalue weighted by atomic mass is 16.1. The lowest BCUT2D eigenvalue weighted by Crippen LogP contribution is -2.48. The highest BCUT2D eigenvalue weighted by molar-refractivity contribution is 5.98. The predicted octanol–water partition coefficient (Wildman–Crippen LogP) is 3.74. The van der Waals surface area contributed by atoms with E-state index < -0.39 is 0 Å². The molecular formula is C14H22O. The maximum Gasteiger partial charge on any atom is 0.162 e. The van der Waals surface area contributed by atoms with Gasteiger partial charge in [0.1, 0.15) is 0 Å². The quantitative estimate of drug-likeness (QED) is 0.590. The molecule has 2 unspecified atom stereocenters. The smallest absolute Gasteiger partial charge is 0.162 e. The van der Waals surface area contributed by atoms with Crippen molar-refractivity contribution in [2.75, 3.05) is 0 Å². The van der Waals surface area contributed by atoms with Crippen LogP contribution in [0.1, 0.15) is 53.4 Å². The molecule has 0 saturated heterocycles. The summed E-state index contributed by atoms with van der Waals surface area (Å²) in [5.41, 5.74) is 1.42. The summed E-state index contributed by atoms with van der Waals surface area (Å²) >= 11 is 0. The molecule has 0 radical (unpaired) electrons. The van der Waals surface area contributed by atoms with E-state index in [0.717, 1.165) is 12.0 Å². The van der Waals surface area contributed by atoms with Gasteiger partial charge in [-0.2, -0.15) is 0 Å². The fraction of sp³-hybridized carbons (Fsp3) is 0.786. The normalized spacial score (nSPS) is 39.6. The maximum atomic E-state index is 12.3. The Bertz CT molecular complexity index is 324. The number of carbonyl (C=O) groups is 1. The van der Waals surface area contributed by atoms with Crippen LogP contribution in [-0.2, 0) is 4.79 Å². The zero-order chi connectivity index (χ0) is 11.3. The van der Waals surface area contributed by atoms with Gasteiger partial charge in [0.2, 0.25) is 0 Å². The number of allylic oxidation sites excluding steroid dienone is 2. The Labute approximate surface area is 92.9 Å². The van der Waals surface area contributed by atoms with E-state index >= 15 is 0 Å². The molecule has 1 fully saturated rings. The van der Waals surface area contributed by atoms with E-state index in [1.54, 1.807) is 0 Å². The Morgan fingerprint density at radius 1 is 1.27 bits per heavy atom. The van der Waals surface area contributed by atoms with E-state index in [2.05, 4.69) is 26.8 Å². The molecule has 1 nitrogen and oxygen atoms in total. The van der Waals surface area contributed by atoms with Crippen molar-refractivity contribution in [3.05, 3.63) is 11.6 Å². The van der Waals surface area contributed by atoms with Gasteiger partial charge in [-0.25, -0.2) is 0 Å². The number of hydrogen-bond donors (Lipinski definition) is 0. The molecule has 0 amide bonds. The number of Topliss-reactive ketones (excluding diaryl/α,β-unsaturated/α-hetero) is 1. The standard InChI is InChI=1S/C14H22O/c1-10-6-9-14(4)8-5-7-13(2,3)12(14)11(10)15/h6,12H,5,7-9H2,1-4H3. The minimum atomic E-state index is 0.194. The molecule has 0 aliphatic heterocycles. The molecule has 84 valence electrons. The number of carbonyl (C=O) groups excluding carboxylic acids is 1. The number of hydrogen-bond acceptors (Lipinski definition) is 1. The molecule has 0 aromatic carbocycles. The number of ketones is 1. The second kappa shape index (κ2) is 3.20. The van der Waals surface area contributed by atoms with E-state index in [4.69, 9.17) is 0 Å². The van der Waals surface area contributed by atoms with Crippen molar-refractivity contribution in [3.8, 4) is 0 Å². The monoisotopic (exact) mass is 206 g/mol. The largest absolute Gasteiger partial charge is 0.294 e. The van der Waals surface area contributed by atoms with Crippen molar-refractivity contribution in [2.24, 2.45) is 16.7 Å². The molecule has 2 aliphatic carbocycles. The van der Waals surface area contributed by atoms with Crippen molar-refractivity contribution in [3.63, 3.8) is 0 Å². The third-order valence-electron chi connectivity index (χ3n) is 4.57. The highest BCUT2D eigenvalue weighted by Gasteiger charge is 2.51. The molecule has 0 aromatic heterocycles. The zero-order valence-electron chi connectivity index (χ0n) is 10.4.